The topological polar surface area (TPSA) is 180 Å². The highest BCUT2D eigenvalue weighted by Gasteiger charge is 2.44. The molecule has 0 spiro atoms. The summed E-state index contributed by atoms with van der Waals surface area (Å²) in [5.74, 6) is 1.52. The fourth-order valence-electron chi connectivity index (χ4n) is 4.07. The van der Waals surface area contributed by atoms with E-state index in [2.05, 4.69) is 0 Å². The van der Waals surface area contributed by atoms with Gasteiger partial charge in [-0.15, -0.1) is 23.5 Å². The van der Waals surface area contributed by atoms with Gasteiger partial charge in [0.1, 0.15) is 59.7 Å². The summed E-state index contributed by atoms with van der Waals surface area (Å²) < 4.78 is 11.0. The summed E-state index contributed by atoms with van der Waals surface area (Å²) in [6.07, 6.45) is -0.857. The lowest BCUT2D eigenvalue weighted by atomic mass is 10.0. The molecule has 34 heavy (non-hydrogen) atoms. The van der Waals surface area contributed by atoms with E-state index >= 15 is 0 Å². The Morgan fingerprint density at radius 1 is 0.441 bits per heavy atom. The Kier molecular flexibility index (Phi) is 14.5. The van der Waals surface area contributed by atoms with Gasteiger partial charge in [0.05, 0.1) is 13.2 Å². The summed E-state index contributed by atoms with van der Waals surface area (Å²) in [6.45, 7) is -0.817. The SMILES string of the molecule is OC[C@H]1O[C@@H](SCCCCCCCCCCS[C@@H]2O[C@H](CO)[C@@H](O)[C@H](O)[C@H]2O)[C@H](O)[C@@H](O)[C@@H]1O. The van der Waals surface area contributed by atoms with E-state index in [0.717, 1.165) is 62.9 Å². The molecular weight excluding hydrogens is 488 g/mol. The molecule has 2 aliphatic rings. The molecule has 202 valence electrons. The highest BCUT2D eigenvalue weighted by Crippen LogP contribution is 2.30. The zero-order valence-electron chi connectivity index (χ0n) is 19.5. The lowest BCUT2D eigenvalue weighted by Gasteiger charge is -2.39. The van der Waals surface area contributed by atoms with Crippen LogP contribution in [0.15, 0.2) is 0 Å². The van der Waals surface area contributed by atoms with Crippen LogP contribution in [0.2, 0.25) is 0 Å². The molecule has 0 aromatic heterocycles. The summed E-state index contributed by atoms with van der Waals surface area (Å²) in [5, 5.41) is 77.7. The number of aliphatic hydroxyl groups excluding tert-OH is 8. The van der Waals surface area contributed by atoms with Gasteiger partial charge in [0, 0.05) is 0 Å². The van der Waals surface area contributed by atoms with E-state index in [4.69, 9.17) is 9.47 Å². The first-order valence-electron chi connectivity index (χ1n) is 12.2. The van der Waals surface area contributed by atoms with Gasteiger partial charge in [-0.2, -0.15) is 0 Å². The third-order valence-electron chi connectivity index (χ3n) is 6.30. The molecule has 12 heteroatoms. The maximum atomic E-state index is 10.0. The quantitative estimate of drug-likeness (QED) is 0.123. The molecule has 0 aliphatic carbocycles. The van der Waals surface area contributed by atoms with Crippen LogP contribution in [0.4, 0.5) is 0 Å². The molecule has 0 bridgehead atoms. The van der Waals surface area contributed by atoms with Crippen LogP contribution >= 0.6 is 23.5 Å². The Morgan fingerprint density at radius 3 is 1.09 bits per heavy atom. The van der Waals surface area contributed by atoms with Crippen molar-refractivity contribution in [1.82, 2.24) is 0 Å². The maximum absolute atomic E-state index is 10.0. The summed E-state index contributed by atoms with van der Waals surface area (Å²) in [4.78, 5) is 0. The van der Waals surface area contributed by atoms with Crippen LogP contribution in [0.1, 0.15) is 51.4 Å². The van der Waals surface area contributed by atoms with Gasteiger partial charge in [0.2, 0.25) is 0 Å². The summed E-state index contributed by atoms with van der Waals surface area (Å²) >= 11 is 2.79. The van der Waals surface area contributed by atoms with E-state index in [9.17, 15) is 40.9 Å². The molecule has 2 saturated heterocycles. The highest BCUT2D eigenvalue weighted by molar-refractivity contribution is 8.00. The average Bonchev–Trinajstić information content (AvgIpc) is 2.84. The molecule has 2 fully saturated rings. The number of ether oxygens (including phenoxy) is 2. The third-order valence-corrected chi connectivity index (χ3v) is 8.79. The van der Waals surface area contributed by atoms with Crippen molar-refractivity contribution < 1.29 is 50.3 Å². The minimum Gasteiger partial charge on any atom is -0.394 e. The first-order chi connectivity index (χ1) is 16.3. The van der Waals surface area contributed by atoms with Crippen molar-refractivity contribution in [2.75, 3.05) is 24.7 Å². The molecule has 2 heterocycles. The van der Waals surface area contributed by atoms with Crippen LogP contribution in [0.5, 0.6) is 0 Å². The molecule has 0 aromatic rings. The van der Waals surface area contributed by atoms with Gasteiger partial charge in [-0.1, -0.05) is 38.5 Å². The summed E-state index contributed by atoms with van der Waals surface area (Å²) in [7, 11) is 0. The van der Waals surface area contributed by atoms with Crippen molar-refractivity contribution in [2.24, 2.45) is 0 Å². The molecule has 10 atom stereocenters. The molecule has 0 unspecified atom stereocenters. The lowest BCUT2D eigenvalue weighted by Crippen LogP contribution is -2.57. The predicted molar refractivity (Wildman–Crippen MR) is 129 cm³/mol. The van der Waals surface area contributed by atoms with E-state index in [1.807, 2.05) is 0 Å². The minimum absolute atomic E-state index is 0.408. The highest BCUT2D eigenvalue weighted by atomic mass is 32.2. The van der Waals surface area contributed by atoms with Crippen molar-refractivity contribution in [1.29, 1.82) is 0 Å². The van der Waals surface area contributed by atoms with Crippen LogP contribution in [-0.2, 0) is 9.47 Å². The van der Waals surface area contributed by atoms with Gasteiger partial charge in [0.25, 0.3) is 0 Å². The first-order valence-corrected chi connectivity index (χ1v) is 14.3. The number of unbranched alkanes of at least 4 members (excludes halogenated alkanes) is 7. The van der Waals surface area contributed by atoms with Crippen molar-refractivity contribution in [2.45, 2.75) is 111 Å². The van der Waals surface area contributed by atoms with Gasteiger partial charge in [-0.05, 0) is 24.3 Å². The largest absolute Gasteiger partial charge is 0.394 e. The molecule has 0 amide bonds. The van der Waals surface area contributed by atoms with Crippen LogP contribution < -0.4 is 0 Å². The lowest BCUT2D eigenvalue weighted by molar-refractivity contribution is -0.205. The zero-order chi connectivity index (χ0) is 25.1. The van der Waals surface area contributed by atoms with Crippen LogP contribution in [0.3, 0.4) is 0 Å². The predicted octanol–water partition coefficient (Wildman–Crippen LogP) is -0.827. The summed E-state index contributed by atoms with van der Waals surface area (Å²) in [5.41, 5.74) is -1.31. The van der Waals surface area contributed by atoms with E-state index in [1.54, 1.807) is 0 Å². The normalized spacial score (nSPS) is 38.8. The van der Waals surface area contributed by atoms with Crippen molar-refractivity contribution >= 4 is 23.5 Å². The second kappa shape index (κ2) is 16.2. The van der Waals surface area contributed by atoms with E-state index < -0.39 is 72.9 Å². The Balaban J connectivity index is 1.44. The minimum atomic E-state index is -1.32. The molecule has 10 nitrogen and oxygen atoms in total. The van der Waals surface area contributed by atoms with Crippen LogP contribution in [-0.4, -0.2) is 125 Å². The zero-order valence-corrected chi connectivity index (χ0v) is 21.1. The number of rotatable bonds is 15. The smallest absolute Gasteiger partial charge is 0.132 e. The van der Waals surface area contributed by atoms with Crippen molar-refractivity contribution in [3.8, 4) is 0 Å². The van der Waals surface area contributed by atoms with E-state index in [1.165, 1.54) is 23.5 Å². The number of thioether (sulfide) groups is 2. The Hall–Kier alpha value is 0.300. The third kappa shape index (κ3) is 9.00. The van der Waals surface area contributed by atoms with Crippen molar-refractivity contribution in [3.63, 3.8) is 0 Å². The second-order valence-corrected chi connectivity index (χ2v) is 11.4. The van der Waals surface area contributed by atoms with Gasteiger partial charge >= 0.3 is 0 Å². The fourth-order valence-corrected chi connectivity index (χ4v) is 6.44. The van der Waals surface area contributed by atoms with Gasteiger partial charge < -0.3 is 50.3 Å². The Morgan fingerprint density at radius 2 is 0.765 bits per heavy atom. The molecule has 0 aromatic carbocycles. The van der Waals surface area contributed by atoms with Crippen LogP contribution in [0, 0.1) is 0 Å². The fraction of sp³-hybridized carbons (Fsp3) is 1.00. The Bertz CT molecular complexity index is 498. The molecule has 0 radical (unpaired) electrons. The van der Waals surface area contributed by atoms with Crippen LogP contribution in [0.25, 0.3) is 0 Å². The number of hydrogen-bond donors (Lipinski definition) is 8. The number of hydrogen-bond acceptors (Lipinski definition) is 12. The second-order valence-electron chi connectivity index (χ2n) is 8.96. The molecule has 2 aliphatic heterocycles. The molecule has 0 saturated carbocycles. The maximum Gasteiger partial charge on any atom is 0.132 e. The molecule has 8 N–H and O–H groups in total. The average molecular weight is 531 g/mol. The van der Waals surface area contributed by atoms with Gasteiger partial charge in [-0.25, -0.2) is 0 Å². The first kappa shape index (κ1) is 30.5. The van der Waals surface area contributed by atoms with Gasteiger partial charge in [0.15, 0.2) is 0 Å². The monoisotopic (exact) mass is 530 g/mol. The standard InChI is InChI=1S/C22H42O10S2/c23-11-13-15(25)17(27)19(29)21(31-13)33-9-7-5-3-1-2-4-6-8-10-34-22-20(30)18(28)16(26)14(12-24)32-22/h13-30H,1-12H2/t13-,14-,15-,16-,17+,18+,19-,20-,21+,22+/m1/s1. The molecule has 2 rings (SSSR count). The number of aliphatic hydroxyl groups is 8. The van der Waals surface area contributed by atoms with Crippen molar-refractivity contribution in [3.05, 3.63) is 0 Å². The van der Waals surface area contributed by atoms with E-state index in [0.29, 0.717) is 0 Å². The summed E-state index contributed by atoms with van der Waals surface area (Å²) in [6, 6.07) is 0. The molecular formula is C22H42O10S2. The van der Waals surface area contributed by atoms with E-state index in [-0.39, 0.29) is 0 Å². The Labute approximate surface area is 209 Å². The van der Waals surface area contributed by atoms with Gasteiger partial charge in [-0.3, -0.25) is 0 Å².